The highest BCUT2D eigenvalue weighted by atomic mass is 16.5. The number of rotatable bonds is 2. The normalized spacial score (nSPS) is 34.9. The molecule has 2 rings (SSSR count). The van der Waals surface area contributed by atoms with E-state index in [0.29, 0.717) is 12.5 Å². The molecule has 0 N–H and O–H groups in total. The van der Waals surface area contributed by atoms with Gasteiger partial charge in [0.1, 0.15) is 0 Å². The van der Waals surface area contributed by atoms with E-state index in [9.17, 15) is 4.79 Å². The molecule has 2 unspecified atom stereocenters. The molecule has 0 radical (unpaired) electrons. The van der Waals surface area contributed by atoms with E-state index in [1.807, 2.05) is 19.1 Å². The molecule has 2 nitrogen and oxygen atoms in total. The fourth-order valence-electron chi connectivity index (χ4n) is 1.93. The van der Waals surface area contributed by atoms with Crippen LogP contribution >= 0.6 is 0 Å². The zero-order valence-electron chi connectivity index (χ0n) is 8.04. The van der Waals surface area contributed by atoms with Crippen molar-refractivity contribution < 1.29 is 9.53 Å². The standard InChI is InChI=1S/C11H14O2/c1-3-13-10(12)11-5-4-8(2)6-9(11)7-11/h4-6,9H,3,7H2,1-2H3. The minimum absolute atomic E-state index is 0.0556. The first kappa shape index (κ1) is 8.54. The van der Waals surface area contributed by atoms with Crippen molar-refractivity contribution in [2.24, 2.45) is 11.3 Å². The summed E-state index contributed by atoms with van der Waals surface area (Å²) in [5.41, 5.74) is 0.970. The summed E-state index contributed by atoms with van der Waals surface area (Å²) in [6.07, 6.45) is 7.11. The molecule has 2 heteroatoms. The lowest BCUT2D eigenvalue weighted by Gasteiger charge is -2.13. The van der Waals surface area contributed by atoms with Gasteiger partial charge in [0, 0.05) is 0 Å². The smallest absolute Gasteiger partial charge is 0.316 e. The Hall–Kier alpha value is -1.05. The quantitative estimate of drug-likeness (QED) is 0.605. The number of hydrogen-bond donors (Lipinski definition) is 0. The average molecular weight is 178 g/mol. The van der Waals surface area contributed by atoms with Gasteiger partial charge in [0.2, 0.25) is 0 Å². The maximum absolute atomic E-state index is 11.6. The second-order valence-electron chi connectivity index (χ2n) is 3.82. The molecule has 0 aromatic rings. The van der Waals surface area contributed by atoms with Gasteiger partial charge in [-0.2, -0.15) is 0 Å². The van der Waals surface area contributed by atoms with Crippen LogP contribution in [0.2, 0.25) is 0 Å². The Morgan fingerprint density at radius 1 is 1.77 bits per heavy atom. The summed E-state index contributed by atoms with van der Waals surface area (Å²) in [7, 11) is 0. The Labute approximate surface area is 78.3 Å². The highest BCUT2D eigenvalue weighted by molar-refractivity contribution is 5.84. The Morgan fingerprint density at radius 3 is 3.15 bits per heavy atom. The van der Waals surface area contributed by atoms with Gasteiger partial charge in [-0.3, -0.25) is 4.79 Å². The third-order valence-electron chi connectivity index (χ3n) is 2.82. The lowest BCUT2D eigenvalue weighted by molar-refractivity contribution is -0.148. The van der Waals surface area contributed by atoms with Gasteiger partial charge in [-0.25, -0.2) is 0 Å². The van der Waals surface area contributed by atoms with Crippen LogP contribution in [0, 0.1) is 11.3 Å². The molecular weight excluding hydrogens is 164 g/mol. The molecule has 0 aliphatic heterocycles. The minimum atomic E-state index is -0.282. The molecule has 13 heavy (non-hydrogen) atoms. The molecule has 0 aromatic carbocycles. The topological polar surface area (TPSA) is 26.3 Å². The van der Waals surface area contributed by atoms with Crippen LogP contribution in [-0.2, 0) is 9.53 Å². The lowest BCUT2D eigenvalue weighted by Crippen LogP contribution is -2.20. The van der Waals surface area contributed by atoms with E-state index in [2.05, 4.69) is 13.0 Å². The predicted molar refractivity (Wildman–Crippen MR) is 50.1 cm³/mol. The number of hydrogen-bond acceptors (Lipinski definition) is 2. The number of carbonyl (C=O) groups is 1. The van der Waals surface area contributed by atoms with Crippen LogP contribution in [0.5, 0.6) is 0 Å². The van der Waals surface area contributed by atoms with E-state index in [1.165, 1.54) is 5.57 Å². The number of fused-ring (bicyclic) bond motifs is 1. The predicted octanol–water partition coefficient (Wildman–Crippen LogP) is 2.07. The van der Waals surface area contributed by atoms with E-state index in [4.69, 9.17) is 4.74 Å². The first-order valence-corrected chi connectivity index (χ1v) is 4.74. The molecule has 70 valence electrons. The first-order chi connectivity index (χ1) is 6.19. The monoisotopic (exact) mass is 178 g/mol. The fraction of sp³-hybridized carbons (Fsp3) is 0.545. The summed E-state index contributed by atoms with van der Waals surface area (Å²) in [4.78, 5) is 11.6. The molecule has 2 aliphatic rings. The van der Waals surface area contributed by atoms with Gasteiger partial charge < -0.3 is 4.74 Å². The second kappa shape index (κ2) is 2.72. The molecule has 0 heterocycles. The van der Waals surface area contributed by atoms with Crippen LogP contribution in [0.3, 0.4) is 0 Å². The van der Waals surface area contributed by atoms with Crippen LogP contribution in [0.1, 0.15) is 20.3 Å². The van der Waals surface area contributed by atoms with Crippen molar-refractivity contribution in [2.45, 2.75) is 20.3 Å². The number of ether oxygens (including phenoxy) is 1. The van der Waals surface area contributed by atoms with Crippen molar-refractivity contribution in [3.05, 3.63) is 23.8 Å². The van der Waals surface area contributed by atoms with Gasteiger partial charge in [-0.15, -0.1) is 0 Å². The maximum atomic E-state index is 11.6. The van der Waals surface area contributed by atoms with Crippen LogP contribution in [-0.4, -0.2) is 12.6 Å². The van der Waals surface area contributed by atoms with Gasteiger partial charge in [-0.1, -0.05) is 23.8 Å². The maximum Gasteiger partial charge on any atom is 0.316 e. The average Bonchev–Trinajstić information content (AvgIpc) is 2.79. The van der Waals surface area contributed by atoms with E-state index in [-0.39, 0.29) is 11.4 Å². The summed E-state index contributed by atoms with van der Waals surface area (Å²) in [6, 6.07) is 0. The molecule has 2 aliphatic carbocycles. The SMILES string of the molecule is CCOC(=O)C12C=CC(C)=CC1C2. The lowest BCUT2D eigenvalue weighted by atomic mass is 9.97. The Morgan fingerprint density at radius 2 is 2.54 bits per heavy atom. The molecule has 1 fully saturated rings. The molecule has 0 bridgehead atoms. The molecule has 2 atom stereocenters. The first-order valence-electron chi connectivity index (χ1n) is 4.74. The Bertz CT molecular complexity index is 301. The van der Waals surface area contributed by atoms with E-state index in [1.54, 1.807) is 0 Å². The minimum Gasteiger partial charge on any atom is -0.465 e. The van der Waals surface area contributed by atoms with Crippen LogP contribution < -0.4 is 0 Å². The van der Waals surface area contributed by atoms with Gasteiger partial charge in [0.15, 0.2) is 0 Å². The molecule has 0 spiro atoms. The third-order valence-corrected chi connectivity index (χ3v) is 2.82. The highest BCUT2D eigenvalue weighted by Crippen LogP contribution is 2.57. The fourth-order valence-corrected chi connectivity index (χ4v) is 1.93. The summed E-state index contributed by atoms with van der Waals surface area (Å²) in [5, 5.41) is 0. The van der Waals surface area contributed by atoms with E-state index in [0.717, 1.165) is 6.42 Å². The van der Waals surface area contributed by atoms with Crippen LogP contribution in [0.4, 0.5) is 0 Å². The highest BCUT2D eigenvalue weighted by Gasteiger charge is 2.59. The van der Waals surface area contributed by atoms with Gasteiger partial charge in [0.25, 0.3) is 0 Å². The third kappa shape index (κ3) is 1.21. The number of allylic oxidation sites excluding steroid dienone is 3. The van der Waals surface area contributed by atoms with Gasteiger partial charge in [-0.05, 0) is 26.2 Å². The van der Waals surface area contributed by atoms with Crippen molar-refractivity contribution in [3.63, 3.8) is 0 Å². The molecule has 0 saturated heterocycles. The van der Waals surface area contributed by atoms with Crippen LogP contribution in [0.25, 0.3) is 0 Å². The van der Waals surface area contributed by atoms with E-state index >= 15 is 0 Å². The zero-order valence-corrected chi connectivity index (χ0v) is 8.04. The Balaban J connectivity index is 2.12. The van der Waals surface area contributed by atoms with Crippen molar-refractivity contribution in [1.82, 2.24) is 0 Å². The number of carbonyl (C=O) groups excluding carboxylic acids is 1. The largest absolute Gasteiger partial charge is 0.465 e. The molecule has 1 saturated carbocycles. The molecule has 0 amide bonds. The van der Waals surface area contributed by atoms with Gasteiger partial charge in [0.05, 0.1) is 12.0 Å². The van der Waals surface area contributed by atoms with Crippen molar-refractivity contribution in [1.29, 1.82) is 0 Å². The number of esters is 1. The van der Waals surface area contributed by atoms with Crippen molar-refractivity contribution >= 4 is 5.97 Å². The molecule has 0 aromatic heterocycles. The summed E-state index contributed by atoms with van der Waals surface area (Å²) in [5.74, 6) is 0.344. The van der Waals surface area contributed by atoms with Crippen molar-refractivity contribution in [2.75, 3.05) is 6.61 Å². The summed E-state index contributed by atoms with van der Waals surface area (Å²) >= 11 is 0. The summed E-state index contributed by atoms with van der Waals surface area (Å²) in [6.45, 7) is 4.38. The Kier molecular flexibility index (Phi) is 1.79. The summed E-state index contributed by atoms with van der Waals surface area (Å²) < 4.78 is 5.04. The molecular formula is C11H14O2. The van der Waals surface area contributed by atoms with Gasteiger partial charge >= 0.3 is 5.97 Å². The van der Waals surface area contributed by atoms with Crippen molar-refractivity contribution in [3.8, 4) is 0 Å². The second-order valence-corrected chi connectivity index (χ2v) is 3.82. The van der Waals surface area contributed by atoms with Crippen LogP contribution in [0.15, 0.2) is 23.8 Å². The van der Waals surface area contributed by atoms with E-state index < -0.39 is 0 Å². The zero-order chi connectivity index (χ0) is 9.47.